The second-order valence-corrected chi connectivity index (χ2v) is 7.73. The van der Waals surface area contributed by atoms with Crippen LogP contribution in [0.25, 0.3) is 10.9 Å². The summed E-state index contributed by atoms with van der Waals surface area (Å²) in [6, 6.07) is 4.04. The molecular formula is C21H24F4N2O3. The van der Waals surface area contributed by atoms with Crippen LogP contribution in [0.5, 0.6) is 0 Å². The molecule has 2 unspecified atom stereocenters. The lowest BCUT2D eigenvalue weighted by Gasteiger charge is -2.37. The van der Waals surface area contributed by atoms with Crippen LogP contribution >= 0.6 is 0 Å². The summed E-state index contributed by atoms with van der Waals surface area (Å²) in [6.07, 6.45) is -1.67. The Balaban J connectivity index is 2.25. The molecule has 9 heteroatoms. The van der Waals surface area contributed by atoms with E-state index in [0.717, 1.165) is 17.0 Å². The Hall–Kier alpha value is -2.42. The number of rotatable bonds is 5. The number of hydrogen-bond donors (Lipinski definition) is 2. The summed E-state index contributed by atoms with van der Waals surface area (Å²) in [6.45, 7) is 2.10. The zero-order valence-corrected chi connectivity index (χ0v) is 16.7. The summed E-state index contributed by atoms with van der Waals surface area (Å²) in [5, 5.41) is 20.6. The standard InChI is InChI=1S/C21H24F4N2O3/c1-3-21(24,25)16-11-13(18(28)15-9-4-5-10-27(15)19(29)30)12-7-6-8-14(17(12)26-16)20(2,22)23/h6-8,11,15,18,28H,3-5,9-10H2,1-2H3,(H,29,30). The second-order valence-electron chi connectivity index (χ2n) is 7.73. The largest absolute Gasteiger partial charge is 0.465 e. The molecule has 1 aromatic carbocycles. The molecular weight excluding hydrogens is 404 g/mol. The van der Waals surface area contributed by atoms with Crippen LogP contribution in [0.15, 0.2) is 24.3 Å². The summed E-state index contributed by atoms with van der Waals surface area (Å²) >= 11 is 0. The predicted molar refractivity (Wildman–Crippen MR) is 103 cm³/mol. The summed E-state index contributed by atoms with van der Waals surface area (Å²) in [5.74, 6) is -6.73. The van der Waals surface area contributed by atoms with Crippen molar-refractivity contribution >= 4 is 17.0 Å². The van der Waals surface area contributed by atoms with Crippen LogP contribution in [0, 0.1) is 0 Å². The molecule has 0 aliphatic carbocycles. The number of fused-ring (bicyclic) bond motifs is 1. The average molecular weight is 428 g/mol. The summed E-state index contributed by atoms with van der Waals surface area (Å²) in [5.41, 5.74) is -1.59. The summed E-state index contributed by atoms with van der Waals surface area (Å²) in [7, 11) is 0. The SMILES string of the molecule is CCC(F)(F)c1cc(C(O)C2CCCCN2C(=O)O)c2cccc(C(C)(F)F)c2n1. The molecule has 0 saturated carbocycles. The van der Waals surface area contributed by atoms with Gasteiger partial charge < -0.3 is 15.1 Å². The van der Waals surface area contributed by atoms with Crippen LogP contribution in [-0.2, 0) is 11.8 Å². The molecule has 1 fully saturated rings. The molecule has 1 aromatic heterocycles. The topological polar surface area (TPSA) is 73.7 Å². The number of para-hydroxylation sites is 1. The van der Waals surface area contributed by atoms with Gasteiger partial charge in [-0.2, -0.15) is 8.78 Å². The highest BCUT2D eigenvalue weighted by Gasteiger charge is 2.38. The number of pyridine rings is 1. The number of halogens is 4. The van der Waals surface area contributed by atoms with E-state index in [0.29, 0.717) is 26.2 Å². The Kier molecular flexibility index (Phi) is 5.95. The fourth-order valence-corrected chi connectivity index (χ4v) is 3.97. The van der Waals surface area contributed by atoms with Crippen molar-refractivity contribution in [1.29, 1.82) is 0 Å². The third kappa shape index (κ3) is 4.08. The van der Waals surface area contributed by atoms with E-state index in [4.69, 9.17) is 0 Å². The number of carbonyl (C=O) groups is 1. The fourth-order valence-electron chi connectivity index (χ4n) is 3.97. The highest BCUT2D eigenvalue weighted by atomic mass is 19.3. The van der Waals surface area contributed by atoms with Gasteiger partial charge in [-0.3, -0.25) is 0 Å². The number of aliphatic hydroxyl groups is 1. The quantitative estimate of drug-likeness (QED) is 0.624. The number of likely N-dealkylation sites (tertiary alicyclic amines) is 1. The molecule has 0 radical (unpaired) electrons. The molecule has 1 aliphatic rings. The summed E-state index contributed by atoms with van der Waals surface area (Å²) < 4.78 is 57.3. The van der Waals surface area contributed by atoms with Gasteiger partial charge in [-0.05, 0) is 30.9 Å². The number of benzene rings is 1. The van der Waals surface area contributed by atoms with E-state index < -0.39 is 47.8 Å². The van der Waals surface area contributed by atoms with Gasteiger partial charge in [0.05, 0.1) is 11.6 Å². The van der Waals surface area contributed by atoms with Gasteiger partial charge in [0.25, 0.3) is 11.8 Å². The van der Waals surface area contributed by atoms with E-state index in [1.807, 2.05) is 0 Å². The van der Waals surface area contributed by atoms with E-state index in [1.54, 1.807) is 0 Å². The van der Waals surface area contributed by atoms with Crippen LogP contribution in [0.4, 0.5) is 22.4 Å². The Morgan fingerprint density at radius 2 is 2.00 bits per heavy atom. The second kappa shape index (κ2) is 8.02. The van der Waals surface area contributed by atoms with Crippen molar-refractivity contribution in [2.24, 2.45) is 0 Å². The maximum Gasteiger partial charge on any atom is 0.407 e. The molecule has 164 valence electrons. The minimum Gasteiger partial charge on any atom is -0.465 e. The van der Waals surface area contributed by atoms with Crippen LogP contribution in [0.2, 0.25) is 0 Å². The molecule has 2 atom stereocenters. The van der Waals surface area contributed by atoms with E-state index >= 15 is 0 Å². The lowest BCUT2D eigenvalue weighted by atomic mass is 9.89. The molecule has 1 saturated heterocycles. The van der Waals surface area contributed by atoms with Gasteiger partial charge in [0, 0.05) is 30.8 Å². The smallest absolute Gasteiger partial charge is 0.407 e. The van der Waals surface area contributed by atoms with Gasteiger partial charge in [0.1, 0.15) is 11.8 Å². The number of piperidine rings is 1. The van der Waals surface area contributed by atoms with Gasteiger partial charge >= 0.3 is 6.09 Å². The fraction of sp³-hybridized carbons (Fsp3) is 0.524. The van der Waals surface area contributed by atoms with Crippen molar-refractivity contribution in [1.82, 2.24) is 9.88 Å². The maximum atomic E-state index is 14.5. The molecule has 2 heterocycles. The van der Waals surface area contributed by atoms with Gasteiger partial charge in [-0.25, -0.2) is 18.6 Å². The molecule has 3 rings (SSSR count). The number of alkyl halides is 4. The van der Waals surface area contributed by atoms with Crippen molar-refractivity contribution < 1.29 is 32.6 Å². The molecule has 0 bridgehead atoms. The summed E-state index contributed by atoms with van der Waals surface area (Å²) in [4.78, 5) is 16.5. The normalized spacial score (nSPS) is 19.2. The molecule has 1 amide bonds. The number of aliphatic hydroxyl groups excluding tert-OH is 1. The van der Waals surface area contributed by atoms with Crippen molar-refractivity contribution in [2.75, 3.05) is 6.54 Å². The number of carboxylic acid groups (broad SMARTS) is 1. The van der Waals surface area contributed by atoms with Crippen molar-refractivity contribution in [3.05, 3.63) is 41.1 Å². The van der Waals surface area contributed by atoms with Crippen molar-refractivity contribution in [3.63, 3.8) is 0 Å². The molecule has 0 spiro atoms. The van der Waals surface area contributed by atoms with Crippen LogP contribution in [0.1, 0.15) is 62.5 Å². The van der Waals surface area contributed by atoms with E-state index in [1.165, 1.54) is 19.1 Å². The lowest BCUT2D eigenvalue weighted by Crippen LogP contribution is -2.46. The van der Waals surface area contributed by atoms with Crippen molar-refractivity contribution in [3.8, 4) is 0 Å². The zero-order valence-electron chi connectivity index (χ0n) is 16.7. The van der Waals surface area contributed by atoms with Crippen LogP contribution in [-0.4, -0.2) is 38.8 Å². The Morgan fingerprint density at radius 3 is 2.60 bits per heavy atom. The highest BCUT2D eigenvalue weighted by Crippen LogP contribution is 2.40. The molecule has 5 nitrogen and oxygen atoms in total. The van der Waals surface area contributed by atoms with E-state index in [9.17, 15) is 32.6 Å². The molecule has 30 heavy (non-hydrogen) atoms. The minimum atomic E-state index is -3.39. The van der Waals surface area contributed by atoms with Crippen LogP contribution in [0.3, 0.4) is 0 Å². The van der Waals surface area contributed by atoms with Gasteiger partial charge in [0.15, 0.2) is 0 Å². The Morgan fingerprint density at radius 1 is 1.30 bits per heavy atom. The number of nitrogens with zero attached hydrogens (tertiary/aromatic N) is 2. The first-order valence-electron chi connectivity index (χ1n) is 9.85. The molecule has 2 aromatic rings. The first-order chi connectivity index (χ1) is 14.0. The third-order valence-corrected chi connectivity index (χ3v) is 5.64. The number of amides is 1. The van der Waals surface area contributed by atoms with Gasteiger partial charge in [-0.1, -0.05) is 25.1 Å². The van der Waals surface area contributed by atoms with E-state index in [-0.39, 0.29) is 23.0 Å². The minimum absolute atomic E-state index is 0.0209. The number of hydrogen-bond acceptors (Lipinski definition) is 3. The van der Waals surface area contributed by atoms with Crippen molar-refractivity contribution in [2.45, 2.75) is 63.5 Å². The zero-order chi connectivity index (χ0) is 22.3. The first-order valence-corrected chi connectivity index (χ1v) is 9.85. The Labute approximate surface area is 171 Å². The lowest BCUT2D eigenvalue weighted by molar-refractivity contribution is -0.0134. The third-order valence-electron chi connectivity index (χ3n) is 5.64. The molecule has 1 aliphatic heterocycles. The van der Waals surface area contributed by atoms with Gasteiger partial charge in [-0.15, -0.1) is 0 Å². The Bertz CT molecular complexity index is 946. The van der Waals surface area contributed by atoms with E-state index in [2.05, 4.69) is 4.98 Å². The highest BCUT2D eigenvalue weighted by molar-refractivity contribution is 5.86. The maximum absolute atomic E-state index is 14.5. The molecule has 2 N–H and O–H groups in total. The first kappa shape index (κ1) is 22.3. The monoisotopic (exact) mass is 428 g/mol. The average Bonchev–Trinajstić information content (AvgIpc) is 2.71. The number of aromatic nitrogens is 1. The van der Waals surface area contributed by atoms with Gasteiger partial charge in [0.2, 0.25) is 0 Å². The van der Waals surface area contributed by atoms with Crippen LogP contribution < -0.4 is 0 Å². The predicted octanol–water partition coefficient (Wildman–Crippen LogP) is 5.41.